The van der Waals surface area contributed by atoms with E-state index in [0.29, 0.717) is 25.4 Å². The van der Waals surface area contributed by atoms with Gasteiger partial charge in [0.1, 0.15) is 10.6 Å². The predicted octanol–water partition coefficient (Wildman–Crippen LogP) is 1.74. The minimum Gasteiger partial charge on any atom is -0.495 e. The van der Waals surface area contributed by atoms with Gasteiger partial charge in [0.2, 0.25) is 10.0 Å². The number of hydrogen-bond donors (Lipinski definition) is 1. The zero-order valence-corrected chi connectivity index (χ0v) is 14.0. The first-order valence-corrected chi connectivity index (χ1v) is 8.80. The SMILES string of the molecule is COc1cc(C)c(C)cc1S(=O)(=O)NCCC1OCCCO1. The van der Waals surface area contributed by atoms with Gasteiger partial charge in [-0.05, 0) is 43.5 Å². The molecule has 0 unspecified atom stereocenters. The summed E-state index contributed by atoms with van der Waals surface area (Å²) in [6, 6.07) is 3.36. The van der Waals surface area contributed by atoms with Crippen LogP contribution in [0, 0.1) is 13.8 Å². The molecule has 1 N–H and O–H groups in total. The Kier molecular flexibility index (Phi) is 5.80. The van der Waals surface area contributed by atoms with Crippen molar-refractivity contribution in [3.8, 4) is 5.75 Å². The van der Waals surface area contributed by atoms with Crippen LogP contribution in [-0.4, -0.2) is 41.6 Å². The van der Waals surface area contributed by atoms with Crippen molar-refractivity contribution in [2.24, 2.45) is 0 Å². The van der Waals surface area contributed by atoms with Gasteiger partial charge in [-0.1, -0.05) is 0 Å². The lowest BCUT2D eigenvalue weighted by atomic mass is 10.1. The lowest BCUT2D eigenvalue weighted by molar-refractivity contribution is -0.180. The van der Waals surface area contributed by atoms with E-state index >= 15 is 0 Å². The summed E-state index contributed by atoms with van der Waals surface area (Å²) in [7, 11) is -2.16. The van der Waals surface area contributed by atoms with E-state index in [1.54, 1.807) is 12.1 Å². The first-order valence-electron chi connectivity index (χ1n) is 7.32. The zero-order chi connectivity index (χ0) is 16.2. The molecule has 7 heteroatoms. The number of nitrogens with one attached hydrogen (secondary N) is 1. The summed E-state index contributed by atoms with van der Waals surface area (Å²) in [6.45, 7) is 5.35. The van der Waals surface area contributed by atoms with Crippen LogP contribution in [0.5, 0.6) is 5.75 Å². The van der Waals surface area contributed by atoms with Crippen molar-refractivity contribution in [1.82, 2.24) is 4.72 Å². The van der Waals surface area contributed by atoms with Crippen molar-refractivity contribution in [2.75, 3.05) is 26.9 Å². The number of aryl methyl sites for hydroxylation is 2. The summed E-state index contributed by atoms with van der Waals surface area (Å²) in [4.78, 5) is 0.156. The Morgan fingerprint density at radius 3 is 2.50 bits per heavy atom. The van der Waals surface area contributed by atoms with Gasteiger partial charge in [-0.3, -0.25) is 0 Å². The van der Waals surface area contributed by atoms with E-state index < -0.39 is 10.0 Å². The second-order valence-corrected chi connectivity index (χ2v) is 7.03. The molecule has 0 spiro atoms. The van der Waals surface area contributed by atoms with E-state index in [1.165, 1.54) is 7.11 Å². The van der Waals surface area contributed by atoms with E-state index in [0.717, 1.165) is 17.5 Å². The summed E-state index contributed by atoms with van der Waals surface area (Å²) in [5.74, 6) is 0.348. The van der Waals surface area contributed by atoms with Gasteiger partial charge in [0.05, 0.1) is 20.3 Å². The van der Waals surface area contributed by atoms with Gasteiger partial charge in [0.15, 0.2) is 6.29 Å². The van der Waals surface area contributed by atoms with Gasteiger partial charge in [0.25, 0.3) is 0 Å². The average Bonchev–Trinajstić information content (AvgIpc) is 2.50. The third kappa shape index (κ3) is 4.19. The van der Waals surface area contributed by atoms with Crippen LogP contribution in [0.4, 0.5) is 0 Å². The Bertz CT molecular complexity index is 609. The molecule has 124 valence electrons. The maximum atomic E-state index is 12.4. The second kappa shape index (κ2) is 7.41. The summed E-state index contributed by atoms with van der Waals surface area (Å²) >= 11 is 0. The number of sulfonamides is 1. The van der Waals surface area contributed by atoms with Gasteiger partial charge in [-0.15, -0.1) is 0 Å². The molecule has 0 atom stereocenters. The molecule has 1 fully saturated rings. The van der Waals surface area contributed by atoms with E-state index in [9.17, 15) is 8.42 Å². The molecule has 0 saturated carbocycles. The van der Waals surface area contributed by atoms with Gasteiger partial charge in [-0.25, -0.2) is 13.1 Å². The van der Waals surface area contributed by atoms with Crippen LogP contribution in [0.25, 0.3) is 0 Å². The van der Waals surface area contributed by atoms with E-state index in [-0.39, 0.29) is 17.7 Å². The fourth-order valence-corrected chi connectivity index (χ4v) is 3.51. The molecule has 22 heavy (non-hydrogen) atoms. The van der Waals surface area contributed by atoms with Gasteiger partial charge in [-0.2, -0.15) is 0 Å². The fourth-order valence-electron chi connectivity index (χ4n) is 2.22. The van der Waals surface area contributed by atoms with Crippen molar-refractivity contribution >= 4 is 10.0 Å². The number of rotatable bonds is 6. The molecule has 1 aliphatic rings. The van der Waals surface area contributed by atoms with Crippen molar-refractivity contribution in [3.63, 3.8) is 0 Å². The maximum absolute atomic E-state index is 12.4. The topological polar surface area (TPSA) is 73.9 Å². The smallest absolute Gasteiger partial charge is 0.244 e. The maximum Gasteiger partial charge on any atom is 0.244 e. The van der Waals surface area contributed by atoms with E-state index in [1.807, 2.05) is 13.8 Å². The first kappa shape index (κ1) is 17.2. The van der Waals surface area contributed by atoms with E-state index in [2.05, 4.69) is 4.72 Å². The van der Waals surface area contributed by atoms with Crippen LogP contribution in [0.2, 0.25) is 0 Å². The van der Waals surface area contributed by atoms with Crippen molar-refractivity contribution in [2.45, 2.75) is 37.9 Å². The monoisotopic (exact) mass is 329 g/mol. The van der Waals surface area contributed by atoms with Crippen LogP contribution < -0.4 is 9.46 Å². The highest BCUT2D eigenvalue weighted by Crippen LogP contribution is 2.27. The lowest BCUT2D eigenvalue weighted by Crippen LogP contribution is -2.31. The third-order valence-electron chi connectivity index (χ3n) is 3.64. The quantitative estimate of drug-likeness (QED) is 0.860. The summed E-state index contributed by atoms with van der Waals surface area (Å²) in [6.07, 6.45) is 1.02. The Labute approximate surface area is 131 Å². The third-order valence-corrected chi connectivity index (χ3v) is 5.12. The van der Waals surface area contributed by atoms with Crippen LogP contribution in [-0.2, 0) is 19.5 Å². The molecule has 0 aromatic heterocycles. The number of benzene rings is 1. The minimum atomic E-state index is -3.63. The fraction of sp³-hybridized carbons (Fsp3) is 0.600. The Morgan fingerprint density at radius 1 is 1.23 bits per heavy atom. The molecular weight excluding hydrogens is 306 g/mol. The second-order valence-electron chi connectivity index (χ2n) is 5.30. The largest absolute Gasteiger partial charge is 0.495 e. The molecule has 0 amide bonds. The van der Waals surface area contributed by atoms with Crippen molar-refractivity contribution < 1.29 is 22.6 Å². The van der Waals surface area contributed by atoms with Gasteiger partial charge < -0.3 is 14.2 Å². The summed E-state index contributed by atoms with van der Waals surface area (Å²) in [5, 5.41) is 0. The minimum absolute atomic E-state index is 0.156. The molecule has 1 saturated heterocycles. The lowest BCUT2D eigenvalue weighted by Gasteiger charge is -2.23. The molecule has 0 bridgehead atoms. The summed E-state index contributed by atoms with van der Waals surface area (Å²) in [5.41, 5.74) is 1.89. The molecule has 2 rings (SSSR count). The van der Waals surface area contributed by atoms with E-state index in [4.69, 9.17) is 14.2 Å². The number of ether oxygens (including phenoxy) is 3. The highest BCUT2D eigenvalue weighted by molar-refractivity contribution is 7.89. The van der Waals surface area contributed by atoms with Crippen LogP contribution >= 0.6 is 0 Å². The molecular formula is C15H23NO5S. The first-order chi connectivity index (χ1) is 10.4. The van der Waals surface area contributed by atoms with Crippen LogP contribution in [0.3, 0.4) is 0 Å². The standard InChI is InChI=1S/C15H23NO5S/c1-11-9-13(19-3)14(10-12(11)2)22(17,18)16-6-5-15-20-7-4-8-21-15/h9-10,15-16H,4-8H2,1-3H3. The Morgan fingerprint density at radius 2 is 1.86 bits per heavy atom. The Hall–Kier alpha value is -1.15. The van der Waals surface area contributed by atoms with Gasteiger partial charge in [0, 0.05) is 13.0 Å². The normalized spacial score (nSPS) is 16.7. The number of methoxy groups -OCH3 is 1. The summed E-state index contributed by atoms with van der Waals surface area (Å²) < 4.78 is 43.5. The highest BCUT2D eigenvalue weighted by atomic mass is 32.2. The molecule has 0 aliphatic carbocycles. The van der Waals surface area contributed by atoms with Gasteiger partial charge >= 0.3 is 0 Å². The predicted molar refractivity (Wildman–Crippen MR) is 82.6 cm³/mol. The number of hydrogen-bond acceptors (Lipinski definition) is 5. The Balaban J connectivity index is 2.04. The van der Waals surface area contributed by atoms with Crippen LogP contribution in [0.15, 0.2) is 17.0 Å². The molecule has 6 nitrogen and oxygen atoms in total. The van der Waals surface area contributed by atoms with Crippen molar-refractivity contribution in [1.29, 1.82) is 0 Å². The highest BCUT2D eigenvalue weighted by Gasteiger charge is 2.21. The van der Waals surface area contributed by atoms with Crippen molar-refractivity contribution in [3.05, 3.63) is 23.3 Å². The molecule has 1 aromatic carbocycles. The zero-order valence-electron chi connectivity index (χ0n) is 13.2. The van der Waals surface area contributed by atoms with Crippen LogP contribution in [0.1, 0.15) is 24.0 Å². The molecule has 1 aliphatic heterocycles. The average molecular weight is 329 g/mol. The molecule has 1 heterocycles. The molecule has 0 radical (unpaired) electrons. The molecule has 1 aromatic rings.